The molecular formula is C26H29N9O. The van der Waals surface area contributed by atoms with E-state index in [1.54, 1.807) is 10.7 Å². The number of allylic oxidation sites excluding steroid dienone is 1. The molecule has 5 heterocycles. The zero-order valence-corrected chi connectivity index (χ0v) is 20.2. The zero-order chi connectivity index (χ0) is 24.7. The van der Waals surface area contributed by atoms with Crippen molar-refractivity contribution in [1.29, 1.82) is 0 Å². The van der Waals surface area contributed by atoms with Crippen LogP contribution in [0.1, 0.15) is 27.9 Å². The van der Waals surface area contributed by atoms with Crippen molar-refractivity contribution in [2.24, 2.45) is 5.73 Å². The molecule has 10 nitrogen and oxygen atoms in total. The van der Waals surface area contributed by atoms with Crippen molar-refractivity contribution in [1.82, 2.24) is 34.7 Å². The number of nitrogens with two attached hydrogens (primary N) is 1. The van der Waals surface area contributed by atoms with Crippen LogP contribution in [0.3, 0.4) is 0 Å². The predicted molar refractivity (Wildman–Crippen MR) is 138 cm³/mol. The van der Waals surface area contributed by atoms with Crippen LogP contribution in [0.4, 0.5) is 5.82 Å². The number of aromatic nitrogens is 4. The molecule has 36 heavy (non-hydrogen) atoms. The first-order valence-electron chi connectivity index (χ1n) is 12.2. The van der Waals surface area contributed by atoms with Gasteiger partial charge in [-0.25, -0.2) is 14.5 Å². The fraction of sp³-hybridized carbons (Fsp3) is 0.308. The van der Waals surface area contributed by atoms with Crippen molar-refractivity contribution in [2.45, 2.75) is 12.1 Å². The Hall–Kier alpha value is -3.86. The summed E-state index contributed by atoms with van der Waals surface area (Å²) >= 11 is 0. The van der Waals surface area contributed by atoms with Gasteiger partial charge in [-0.3, -0.25) is 9.69 Å². The standard InChI is InChI=1S/C26H29N9O/c1-33-10-12-34(13-11-33)26(27)6-2-20(3-7-26)32-25(36)19-14-22-21(4-8-28-24(22)29-16-19)18-5-9-35-23(15-18)30-17-31-35/h2-6,9,14-17H,7-8,10-13,27H2,1H3,(H,28,29)(H,32,36). The summed E-state index contributed by atoms with van der Waals surface area (Å²) in [5, 5.41) is 10.5. The highest BCUT2D eigenvalue weighted by molar-refractivity contribution is 5.98. The van der Waals surface area contributed by atoms with Gasteiger partial charge in [-0.2, -0.15) is 5.10 Å². The summed E-state index contributed by atoms with van der Waals surface area (Å²) in [6.45, 7) is 4.53. The Morgan fingerprint density at radius 3 is 2.83 bits per heavy atom. The molecule has 1 fully saturated rings. The van der Waals surface area contributed by atoms with Crippen molar-refractivity contribution in [3.8, 4) is 0 Å². The number of carbonyl (C=O) groups excluding carboxylic acids is 1. The molecule has 0 saturated carbocycles. The first-order valence-corrected chi connectivity index (χ1v) is 12.2. The Kier molecular flexibility index (Phi) is 5.63. The molecule has 3 aliphatic rings. The van der Waals surface area contributed by atoms with Crippen LogP contribution in [0.15, 0.2) is 66.9 Å². The van der Waals surface area contributed by atoms with Gasteiger partial charge in [-0.1, -0.05) is 12.2 Å². The van der Waals surface area contributed by atoms with E-state index in [2.05, 4.69) is 48.6 Å². The fourth-order valence-electron chi connectivity index (χ4n) is 4.95. The molecule has 1 saturated heterocycles. The topological polar surface area (TPSA) is 117 Å². The number of nitrogens with zero attached hydrogens (tertiary/aromatic N) is 6. The van der Waals surface area contributed by atoms with Crippen LogP contribution in [-0.4, -0.2) is 80.7 Å². The highest BCUT2D eigenvalue weighted by atomic mass is 16.1. The molecule has 10 heteroatoms. The van der Waals surface area contributed by atoms with E-state index < -0.39 is 5.66 Å². The molecule has 0 bridgehead atoms. The number of piperazine rings is 1. The van der Waals surface area contributed by atoms with E-state index in [-0.39, 0.29) is 5.91 Å². The van der Waals surface area contributed by atoms with Gasteiger partial charge in [-0.15, -0.1) is 0 Å². The maximum absolute atomic E-state index is 13.1. The minimum atomic E-state index is -0.514. The summed E-state index contributed by atoms with van der Waals surface area (Å²) in [5.74, 6) is 0.547. The second-order valence-electron chi connectivity index (χ2n) is 9.53. The third-order valence-electron chi connectivity index (χ3n) is 7.16. The highest BCUT2D eigenvalue weighted by Crippen LogP contribution is 2.32. The first-order chi connectivity index (χ1) is 17.5. The van der Waals surface area contributed by atoms with Gasteiger partial charge < -0.3 is 21.3 Å². The van der Waals surface area contributed by atoms with Gasteiger partial charge in [0.2, 0.25) is 0 Å². The highest BCUT2D eigenvalue weighted by Gasteiger charge is 2.32. The maximum atomic E-state index is 13.1. The second kappa shape index (κ2) is 8.98. The summed E-state index contributed by atoms with van der Waals surface area (Å²) in [5.41, 5.74) is 11.1. The maximum Gasteiger partial charge on any atom is 0.257 e. The Bertz CT molecular complexity index is 1410. The van der Waals surface area contributed by atoms with Crippen LogP contribution in [0, 0.1) is 0 Å². The Morgan fingerprint density at radius 1 is 1.17 bits per heavy atom. The quantitative estimate of drug-likeness (QED) is 0.511. The van der Waals surface area contributed by atoms with E-state index in [4.69, 9.17) is 5.73 Å². The average molecular weight is 484 g/mol. The number of nitrogens with one attached hydrogen (secondary N) is 2. The molecule has 1 amide bonds. The Labute approximate surface area is 209 Å². The molecule has 0 radical (unpaired) electrons. The van der Waals surface area contributed by atoms with Crippen molar-refractivity contribution in [3.05, 3.63) is 83.6 Å². The number of rotatable bonds is 4. The lowest BCUT2D eigenvalue weighted by molar-refractivity contribution is 0.0728. The third kappa shape index (κ3) is 4.19. The minimum absolute atomic E-state index is 0.205. The second-order valence-corrected chi connectivity index (χ2v) is 9.53. The molecule has 1 aliphatic carbocycles. The Morgan fingerprint density at radius 2 is 2.03 bits per heavy atom. The molecule has 0 spiro atoms. The van der Waals surface area contributed by atoms with E-state index in [1.165, 1.54) is 6.33 Å². The number of pyridine rings is 2. The molecule has 6 rings (SSSR count). The van der Waals surface area contributed by atoms with E-state index in [0.29, 0.717) is 18.5 Å². The van der Waals surface area contributed by atoms with Gasteiger partial charge in [0.25, 0.3) is 5.91 Å². The summed E-state index contributed by atoms with van der Waals surface area (Å²) < 4.78 is 1.72. The molecular weight excluding hydrogens is 454 g/mol. The van der Waals surface area contributed by atoms with Gasteiger partial charge in [-0.05, 0) is 48.5 Å². The van der Waals surface area contributed by atoms with Crippen LogP contribution in [0.5, 0.6) is 0 Å². The van der Waals surface area contributed by atoms with Gasteiger partial charge in [0.15, 0.2) is 5.65 Å². The van der Waals surface area contributed by atoms with Crippen molar-refractivity contribution in [2.75, 3.05) is 45.1 Å². The number of amides is 1. The molecule has 1 unspecified atom stereocenters. The van der Waals surface area contributed by atoms with Crippen LogP contribution >= 0.6 is 0 Å². The number of fused-ring (bicyclic) bond motifs is 2. The number of hydrogen-bond acceptors (Lipinski definition) is 8. The SMILES string of the molecule is CN1CCN(C2(N)C=CC(NC(=O)c3cnc4c(c3)C(c3ccn5ncnc5c3)=CCN4)=CC2)CC1. The number of hydrogen-bond donors (Lipinski definition) is 3. The minimum Gasteiger partial charge on any atom is -0.366 e. The lowest BCUT2D eigenvalue weighted by atomic mass is 9.95. The average Bonchev–Trinajstić information content (AvgIpc) is 3.38. The van der Waals surface area contributed by atoms with E-state index >= 15 is 0 Å². The van der Waals surface area contributed by atoms with Crippen molar-refractivity contribution >= 4 is 22.9 Å². The number of carbonyl (C=O) groups is 1. The van der Waals surface area contributed by atoms with Gasteiger partial charge in [0.1, 0.15) is 12.1 Å². The predicted octanol–water partition coefficient (Wildman–Crippen LogP) is 1.46. The van der Waals surface area contributed by atoms with Crippen LogP contribution in [0.2, 0.25) is 0 Å². The lowest BCUT2D eigenvalue weighted by Gasteiger charge is -2.44. The summed E-state index contributed by atoms with van der Waals surface area (Å²) in [7, 11) is 2.13. The van der Waals surface area contributed by atoms with Crippen LogP contribution < -0.4 is 16.4 Å². The first kappa shape index (κ1) is 22.6. The third-order valence-corrected chi connectivity index (χ3v) is 7.16. The van der Waals surface area contributed by atoms with Gasteiger partial charge >= 0.3 is 0 Å². The van der Waals surface area contributed by atoms with E-state index in [0.717, 1.165) is 60.0 Å². The van der Waals surface area contributed by atoms with Crippen molar-refractivity contribution in [3.63, 3.8) is 0 Å². The summed E-state index contributed by atoms with van der Waals surface area (Å²) in [6.07, 6.45) is 13.7. The monoisotopic (exact) mass is 483 g/mol. The van der Waals surface area contributed by atoms with Gasteiger partial charge in [0, 0.05) is 62.8 Å². The van der Waals surface area contributed by atoms with Gasteiger partial charge in [0.05, 0.1) is 11.2 Å². The summed E-state index contributed by atoms with van der Waals surface area (Å²) in [6, 6.07) is 5.86. The fourth-order valence-corrected chi connectivity index (χ4v) is 4.95. The molecule has 4 N–H and O–H groups in total. The van der Waals surface area contributed by atoms with E-state index in [9.17, 15) is 4.79 Å². The number of likely N-dealkylation sites (N-methyl/N-ethyl adjacent to an activating group) is 1. The molecule has 3 aromatic heterocycles. The molecule has 0 aromatic carbocycles. The van der Waals surface area contributed by atoms with Crippen molar-refractivity contribution < 1.29 is 4.79 Å². The normalized spacial score (nSPS) is 22.5. The molecule has 1 atom stereocenters. The molecule has 2 aliphatic heterocycles. The Balaban J connectivity index is 1.19. The molecule has 3 aromatic rings. The largest absolute Gasteiger partial charge is 0.366 e. The lowest BCUT2D eigenvalue weighted by Crippen LogP contribution is -2.60. The zero-order valence-electron chi connectivity index (χ0n) is 20.2. The number of anilines is 1. The summed E-state index contributed by atoms with van der Waals surface area (Å²) in [4.78, 5) is 26.6. The van der Waals surface area contributed by atoms with Crippen LogP contribution in [-0.2, 0) is 0 Å². The van der Waals surface area contributed by atoms with Crippen LogP contribution in [0.25, 0.3) is 11.2 Å². The molecule has 184 valence electrons. The smallest absolute Gasteiger partial charge is 0.257 e. The van der Waals surface area contributed by atoms with E-state index in [1.807, 2.05) is 42.6 Å².